The summed E-state index contributed by atoms with van der Waals surface area (Å²) < 4.78 is 12.8. The van der Waals surface area contributed by atoms with Crippen molar-refractivity contribution in [1.82, 2.24) is 10.2 Å². The molecule has 1 rings (SSSR count). The highest BCUT2D eigenvalue weighted by molar-refractivity contribution is 5.74. The molecule has 0 saturated carbocycles. The minimum atomic E-state index is -0.268. The number of nitrogens with zero attached hydrogens (tertiary/aromatic N) is 1. The van der Waals surface area contributed by atoms with E-state index in [1.807, 2.05) is 20.8 Å². The minimum Gasteiger partial charge on any atom is -0.331 e. The predicted octanol–water partition coefficient (Wildman–Crippen LogP) is 2.94. The van der Waals surface area contributed by atoms with Gasteiger partial charge in [0.25, 0.3) is 0 Å². The first-order valence-electron chi connectivity index (χ1n) is 5.89. The molecule has 0 bridgehead atoms. The lowest BCUT2D eigenvalue weighted by Gasteiger charge is -2.22. The average molecular weight is 238 g/mol. The van der Waals surface area contributed by atoms with Crippen LogP contribution in [0.5, 0.6) is 0 Å². The maximum Gasteiger partial charge on any atom is 0.317 e. The number of urea groups is 1. The van der Waals surface area contributed by atoms with Gasteiger partial charge in [-0.1, -0.05) is 12.1 Å². The number of rotatable bonds is 4. The summed E-state index contributed by atoms with van der Waals surface area (Å²) in [7, 11) is 0. The highest BCUT2D eigenvalue weighted by Gasteiger charge is 2.13. The second-order valence-corrected chi connectivity index (χ2v) is 3.90. The number of carbonyl (C=O) groups is 1. The van der Waals surface area contributed by atoms with Gasteiger partial charge in [-0.2, -0.15) is 0 Å². The molecule has 0 aliphatic heterocycles. The lowest BCUT2D eigenvalue weighted by molar-refractivity contribution is 0.200. The minimum absolute atomic E-state index is 0.0909. The third-order valence-electron chi connectivity index (χ3n) is 2.76. The number of halogens is 1. The lowest BCUT2D eigenvalue weighted by Crippen LogP contribution is -2.40. The first kappa shape index (κ1) is 13.5. The van der Waals surface area contributed by atoms with Crippen LogP contribution >= 0.6 is 0 Å². The summed E-state index contributed by atoms with van der Waals surface area (Å²) in [6.45, 7) is 7.11. The van der Waals surface area contributed by atoms with Crippen LogP contribution in [-0.4, -0.2) is 24.0 Å². The zero-order valence-corrected chi connectivity index (χ0v) is 10.5. The van der Waals surface area contributed by atoms with E-state index < -0.39 is 0 Å². The lowest BCUT2D eigenvalue weighted by atomic mass is 10.1. The summed E-state index contributed by atoms with van der Waals surface area (Å²) in [5.41, 5.74) is 0.895. The fourth-order valence-corrected chi connectivity index (χ4v) is 1.62. The maximum atomic E-state index is 12.8. The van der Waals surface area contributed by atoms with E-state index in [2.05, 4.69) is 5.32 Å². The third kappa shape index (κ3) is 3.73. The molecule has 0 heterocycles. The van der Waals surface area contributed by atoms with Gasteiger partial charge in [-0.15, -0.1) is 0 Å². The van der Waals surface area contributed by atoms with E-state index in [9.17, 15) is 9.18 Å². The van der Waals surface area contributed by atoms with Gasteiger partial charge in [0.2, 0.25) is 0 Å². The van der Waals surface area contributed by atoms with Gasteiger partial charge < -0.3 is 10.2 Å². The first-order valence-corrected chi connectivity index (χ1v) is 5.89. The average Bonchev–Trinajstić information content (AvgIpc) is 2.31. The topological polar surface area (TPSA) is 32.3 Å². The van der Waals surface area contributed by atoms with Crippen LogP contribution in [0.4, 0.5) is 9.18 Å². The van der Waals surface area contributed by atoms with Crippen LogP contribution in [0.3, 0.4) is 0 Å². The Labute approximate surface area is 102 Å². The molecule has 0 saturated heterocycles. The molecule has 2 amide bonds. The molecule has 0 fully saturated rings. The Hall–Kier alpha value is -1.58. The molecule has 1 atom stereocenters. The Morgan fingerprint density at radius 3 is 2.29 bits per heavy atom. The SMILES string of the molecule is CCN(CC)C(=O)NC(C)c1ccc(F)cc1. The molecule has 4 heteroatoms. The van der Waals surface area contributed by atoms with Crippen LogP contribution in [-0.2, 0) is 0 Å². The molecule has 1 N–H and O–H groups in total. The summed E-state index contributed by atoms with van der Waals surface area (Å²) in [4.78, 5) is 13.5. The van der Waals surface area contributed by atoms with Crippen molar-refractivity contribution in [3.8, 4) is 0 Å². The quantitative estimate of drug-likeness (QED) is 0.859. The fraction of sp³-hybridized carbons (Fsp3) is 0.462. The van der Waals surface area contributed by atoms with Crippen LogP contribution in [0.1, 0.15) is 32.4 Å². The van der Waals surface area contributed by atoms with Crippen molar-refractivity contribution in [2.24, 2.45) is 0 Å². The van der Waals surface area contributed by atoms with Crippen molar-refractivity contribution in [2.75, 3.05) is 13.1 Å². The number of carbonyl (C=O) groups excluding carboxylic acids is 1. The molecular weight excluding hydrogens is 219 g/mol. The first-order chi connectivity index (χ1) is 8.08. The Morgan fingerprint density at radius 2 is 1.82 bits per heavy atom. The number of amides is 2. The van der Waals surface area contributed by atoms with Crippen molar-refractivity contribution in [1.29, 1.82) is 0 Å². The van der Waals surface area contributed by atoms with Gasteiger partial charge in [-0.3, -0.25) is 0 Å². The molecule has 3 nitrogen and oxygen atoms in total. The standard InChI is InChI=1S/C13H19FN2O/c1-4-16(5-2)13(17)15-10(3)11-6-8-12(14)9-7-11/h6-10H,4-5H2,1-3H3,(H,15,17). The summed E-state index contributed by atoms with van der Waals surface area (Å²) in [6, 6.07) is 5.95. The molecule has 0 aliphatic carbocycles. The van der Waals surface area contributed by atoms with E-state index >= 15 is 0 Å². The smallest absolute Gasteiger partial charge is 0.317 e. The highest BCUT2D eigenvalue weighted by Crippen LogP contribution is 2.13. The molecule has 0 aliphatic rings. The Bertz CT molecular complexity index is 360. The van der Waals surface area contributed by atoms with Crippen LogP contribution in [0, 0.1) is 5.82 Å². The van der Waals surface area contributed by atoms with Crippen molar-refractivity contribution < 1.29 is 9.18 Å². The normalized spacial score (nSPS) is 12.0. The summed E-state index contributed by atoms with van der Waals surface area (Å²) in [5.74, 6) is -0.268. The van der Waals surface area contributed by atoms with Crippen molar-refractivity contribution in [3.63, 3.8) is 0 Å². The second kappa shape index (κ2) is 6.23. The van der Waals surface area contributed by atoms with Gasteiger partial charge in [-0.05, 0) is 38.5 Å². The molecule has 0 aromatic heterocycles. The monoisotopic (exact) mass is 238 g/mol. The van der Waals surface area contributed by atoms with Crippen molar-refractivity contribution in [2.45, 2.75) is 26.8 Å². The number of benzene rings is 1. The van der Waals surface area contributed by atoms with Gasteiger partial charge in [0.15, 0.2) is 0 Å². The summed E-state index contributed by atoms with van der Waals surface area (Å²) in [6.07, 6.45) is 0. The van der Waals surface area contributed by atoms with E-state index in [-0.39, 0.29) is 17.9 Å². The molecule has 0 radical (unpaired) electrons. The number of hydrogen-bond acceptors (Lipinski definition) is 1. The highest BCUT2D eigenvalue weighted by atomic mass is 19.1. The summed E-state index contributed by atoms with van der Waals surface area (Å²) in [5, 5.41) is 2.88. The van der Waals surface area contributed by atoms with Crippen LogP contribution in [0.25, 0.3) is 0 Å². The molecule has 0 spiro atoms. The molecule has 1 unspecified atom stereocenters. The Morgan fingerprint density at radius 1 is 1.29 bits per heavy atom. The van der Waals surface area contributed by atoms with E-state index in [1.165, 1.54) is 12.1 Å². The van der Waals surface area contributed by atoms with Crippen molar-refractivity contribution in [3.05, 3.63) is 35.6 Å². The summed E-state index contributed by atoms with van der Waals surface area (Å²) >= 11 is 0. The zero-order chi connectivity index (χ0) is 12.8. The Balaban J connectivity index is 2.62. The third-order valence-corrected chi connectivity index (χ3v) is 2.76. The van der Waals surface area contributed by atoms with E-state index in [1.54, 1.807) is 17.0 Å². The number of hydrogen-bond donors (Lipinski definition) is 1. The molecule has 1 aromatic rings. The second-order valence-electron chi connectivity index (χ2n) is 3.90. The van der Waals surface area contributed by atoms with E-state index in [0.29, 0.717) is 13.1 Å². The Kier molecular flexibility index (Phi) is 4.94. The van der Waals surface area contributed by atoms with Gasteiger partial charge >= 0.3 is 6.03 Å². The van der Waals surface area contributed by atoms with E-state index in [0.717, 1.165) is 5.56 Å². The van der Waals surface area contributed by atoms with Crippen LogP contribution in [0.2, 0.25) is 0 Å². The maximum absolute atomic E-state index is 12.8. The van der Waals surface area contributed by atoms with Gasteiger partial charge in [0.1, 0.15) is 5.82 Å². The zero-order valence-electron chi connectivity index (χ0n) is 10.5. The van der Waals surface area contributed by atoms with Crippen molar-refractivity contribution >= 4 is 6.03 Å². The molecule has 17 heavy (non-hydrogen) atoms. The largest absolute Gasteiger partial charge is 0.331 e. The van der Waals surface area contributed by atoms with Crippen LogP contribution < -0.4 is 5.32 Å². The van der Waals surface area contributed by atoms with Crippen LogP contribution in [0.15, 0.2) is 24.3 Å². The number of nitrogens with one attached hydrogen (secondary N) is 1. The molecular formula is C13H19FN2O. The van der Waals surface area contributed by atoms with Gasteiger partial charge in [-0.25, -0.2) is 9.18 Å². The molecule has 94 valence electrons. The van der Waals surface area contributed by atoms with E-state index in [4.69, 9.17) is 0 Å². The van der Waals surface area contributed by atoms with Gasteiger partial charge in [0, 0.05) is 13.1 Å². The fourth-order valence-electron chi connectivity index (χ4n) is 1.62. The molecule has 1 aromatic carbocycles. The predicted molar refractivity (Wildman–Crippen MR) is 66.3 cm³/mol. The van der Waals surface area contributed by atoms with Gasteiger partial charge in [0.05, 0.1) is 6.04 Å².